The maximum absolute atomic E-state index is 13.6. The lowest BCUT2D eigenvalue weighted by Crippen LogP contribution is -2.33. The zero-order valence-electron chi connectivity index (χ0n) is 15.0. The molecule has 2 aromatic carbocycles. The van der Waals surface area contributed by atoms with Crippen LogP contribution in [0.2, 0.25) is 0 Å². The fraction of sp³-hybridized carbons (Fsp3) is 0.263. The van der Waals surface area contributed by atoms with E-state index in [2.05, 4.69) is 15.5 Å². The number of anilines is 2. The molecule has 0 heterocycles. The van der Waals surface area contributed by atoms with Crippen molar-refractivity contribution in [1.82, 2.24) is 5.32 Å². The molecule has 144 valence electrons. The van der Waals surface area contributed by atoms with Crippen molar-refractivity contribution in [1.29, 1.82) is 0 Å². The molecule has 0 unspecified atom stereocenters. The van der Waals surface area contributed by atoms with E-state index in [-0.39, 0.29) is 0 Å². The molecule has 2 rings (SSSR count). The van der Waals surface area contributed by atoms with Crippen molar-refractivity contribution in [2.75, 3.05) is 29.9 Å². The van der Waals surface area contributed by atoms with Gasteiger partial charge in [0, 0.05) is 24.5 Å². The number of carbonyl (C=O) groups is 2. The van der Waals surface area contributed by atoms with E-state index in [1.165, 1.54) is 0 Å². The number of hydrogen-bond donors (Lipinski definition) is 2. The Kier molecular flexibility index (Phi) is 6.81. The van der Waals surface area contributed by atoms with Gasteiger partial charge in [0.2, 0.25) is 5.91 Å². The summed E-state index contributed by atoms with van der Waals surface area (Å²) in [7, 11) is 0. The molecule has 0 atom stereocenters. The van der Waals surface area contributed by atoms with Crippen LogP contribution in [-0.2, 0) is 4.79 Å². The summed E-state index contributed by atoms with van der Waals surface area (Å²) in [6, 6.07) is 8.62. The molecule has 0 spiro atoms. The van der Waals surface area contributed by atoms with Crippen LogP contribution in [-0.4, -0.2) is 31.4 Å². The largest absolute Gasteiger partial charge is 0.372 e. The normalized spacial score (nSPS) is 10.4. The van der Waals surface area contributed by atoms with Gasteiger partial charge in [-0.25, -0.2) is 13.2 Å². The Hall–Kier alpha value is -3.03. The van der Waals surface area contributed by atoms with Gasteiger partial charge in [0.05, 0.1) is 12.1 Å². The number of amides is 2. The first kappa shape index (κ1) is 20.3. The van der Waals surface area contributed by atoms with Crippen LogP contribution in [0.5, 0.6) is 0 Å². The minimum absolute atomic E-state index is 0.449. The molecule has 0 saturated carbocycles. The Labute approximate surface area is 155 Å². The van der Waals surface area contributed by atoms with Gasteiger partial charge in [-0.05, 0) is 50.2 Å². The first-order chi connectivity index (χ1) is 12.9. The quantitative estimate of drug-likeness (QED) is 0.726. The Morgan fingerprint density at radius 3 is 2.15 bits per heavy atom. The third kappa shape index (κ3) is 4.99. The van der Waals surface area contributed by atoms with Gasteiger partial charge in [0.15, 0.2) is 17.5 Å². The molecule has 0 aromatic heterocycles. The van der Waals surface area contributed by atoms with E-state index in [0.29, 0.717) is 11.8 Å². The van der Waals surface area contributed by atoms with E-state index in [1.807, 2.05) is 26.0 Å². The van der Waals surface area contributed by atoms with Gasteiger partial charge < -0.3 is 15.5 Å². The molecule has 0 radical (unpaired) electrons. The predicted molar refractivity (Wildman–Crippen MR) is 97.3 cm³/mol. The van der Waals surface area contributed by atoms with Gasteiger partial charge in [-0.2, -0.15) is 0 Å². The highest BCUT2D eigenvalue weighted by atomic mass is 19.2. The molecule has 0 aliphatic heterocycles. The average molecular weight is 379 g/mol. The van der Waals surface area contributed by atoms with Crippen LogP contribution in [0.15, 0.2) is 36.4 Å². The molecule has 0 aliphatic carbocycles. The summed E-state index contributed by atoms with van der Waals surface area (Å²) in [5, 5.41) is 4.75. The molecular formula is C19H20F3N3O2. The van der Waals surface area contributed by atoms with Crippen molar-refractivity contribution in [2.45, 2.75) is 13.8 Å². The minimum atomic E-state index is -1.74. The average Bonchev–Trinajstić information content (AvgIpc) is 2.66. The monoisotopic (exact) mass is 379 g/mol. The lowest BCUT2D eigenvalue weighted by atomic mass is 10.2. The molecule has 8 heteroatoms. The number of nitrogens with one attached hydrogen (secondary N) is 2. The van der Waals surface area contributed by atoms with Gasteiger partial charge >= 0.3 is 0 Å². The van der Waals surface area contributed by atoms with Crippen molar-refractivity contribution < 1.29 is 22.8 Å². The van der Waals surface area contributed by atoms with Crippen LogP contribution in [0, 0.1) is 17.5 Å². The fourth-order valence-electron chi connectivity index (χ4n) is 2.51. The number of hydrogen-bond acceptors (Lipinski definition) is 3. The van der Waals surface area contributed by atoms with Crippen molar-refractivity contribution in [2.24, 2.45) is 0 Å². The van der Waals surface area contributed by atoms with Crippen LogP contribution in [0.1, 0.15) is 24.2 Å². The van der Waals surface area contributed by atoms with E-state index in [1.54, 1.807) is 12.1 Å². The number of carbonyl (C=O) groups excluding carboxylic acids is 2. The number of nitrogens with zero attached hydrogens (tertiary/aromatic N) is 1. The van der Waals surface area contributed by atoms with E-state index in [4.69, 9.17) is 0 Å². The summed E-state index contributed by atoms with van der Waals surface area (Å²) in [4.78, 5) is 25.9. The lowest BCUT2D eigenvalue weighted by Gasteiger charge is -2.21. The second-order valence-corrected chi connectivity index (χ2v) is 5.67. The molecule has 0 fully saturated rings. The van der Waals surface area contributed by atoms with Gasteiger partial charge in [-0.3, -0.25) is 9.59 Å². The molecule has 2 aromatic rings. The molecule has 0 aliphatic rings. The summed E-state index contributed by atoms with van der Waals surface area (Å²) in [6.45, 7) is 5.34. The van der Waals surface area contributed by atoms with Crippen molar-refractivity contribution in [3.63, 3.8) is 0 Å². The van der Waals surface area contributed by atoms with Gasteiger partial charge in [-0.1, -0.05) is 0 Å². The van der Waals surface area contributed by atoms with Crippen LogP contribution < -0.4 is 15.5 Å². The van der Waals surface area contributed by atoms with Gasteiger partial charge in [-0.15, -0.1) is 0 Å². The van der Waals surface area contributed by atoms with E-state index >= 15 is 0 Å². The maximum Gasteiger partial charge on any atom is 0.254 e. The van der Waals surface area contributed by atoms with Crippen molar-refractivity contribution in [3.8, 4) is 0 Å². The van der Waals surface area contributed by atoms with E-state index in [9.17, 15) is 22.8 Å². The van der Waals surface area contributed by atoms with E-state index in [0.717, 1.165) is 24.8 Å². The summed E-state index contributed by atoms with van der Waals surface area (Å²) < 4.78 is 39.6. The smallest absolute Gasteiger partial charge is 0.254 e. The topological polar surface area (TPSA) is 61.4 Å². The standard InChI is InChI=1S/C19H20F3N3O2/c1-3-25(4-2)13-7-5-12(6-8-13)24-16(26)11-23-19(27)14-9-10-15(20)18(22)17(14)21/h5-10H,3-4,11H2,1-2H3,(H,23,27)(H,24,26). The second kappa shape index (κ2) is 9.07. The van der Waals surface area contributed by atoms with Gasteiger partial charge in [0.25, 0.3) is 5.91 Å². The SMILES string of the molecule is CCN(CC)c1ccc(NC(=O)CNC(=O)c2ccc(F)c(F)c2F)cc1. The van der Waals surface area contributed by atoms with Crippen LogP contribution >= 0.6 is 0 Å². The third-order valence-electron chi connectivity index (χ3n) is 3.97. The summed E-state index contributed by atoms with van der Waals surface area (Å²) in [5.41, 5.74) is 0.870. The summed E-state index contributed by atoms with van der Waals surface area (Å²) in [6.07, 6.45) is 0. The van der Waals surface area contributed by atoms with Crippen LogP contribution in [0.3, 0.4) is 0 Å². The Bertz CT molecular complexity index is 822. The zero-order valence-corrected chi connectivity index (χ0v) is 15.0. The van der Waals surface area contributed by atoms with Crippen LogP contribution in [0.25, 0.3) is 0 Å². The highest BCUT2D eigenvalue weighted by molar-refractivity contribution is 5.99. The lowest BCUT2D eigenvalue weighted by molar-refractivity contribution is -0.115. The summed E-state index contributed by atoms with van der Waals surface area (Å²) >= 11 is 0. The minimum Gasteiger partial charge on any atom is -0.372 e. The van der Waals surface area contributed by atoms with Gasteiger partial charge in [0.1, 0.15) is 0 Å². The highest BCUT2D eigenvalue weighted by Gasteiger charge is 2.19. The Balaban J connectivity index is 1.93. The number of rotatable bonds is 7. The van der Waals surface area contributed by atoms with E-state index < -0.39 is 41.4 Å². The molecule has 0 bridgehead atoms. The molecule has 2 N–H and O–H groups in total. The first-order valence-corrected chi connectivity index (χ1v) is 8.43. The fourth-order valence-corrected chi connectivity index (χ4v) is 2.51. The second-order valence-electron chi connectivity index (χ2n) is 5.67. The molecular weight excluding hydrogens is 359 g/mol. The summed E-state index contributed by atoms with van der Waals surface area (Å²) in [5.74, 6) is -6.28. The zero-order chi connectivity index (χ0) is 20.0. The molecule has 27 heavy (non-hydrogen) atoms. The molecule has 5 nitrogen and oxygen atoms in total. The van der Waals surface area contributed by atoms with Crippen molar-refractivity contribution >= 4 is 23.2 Å². The molecule has 0 saturated heterocycles. The van der Waals surface area contributed by atoms with Crippen molar-refractivity contribution in [3.05, 3.63) is 59.4 Å². The Morgan fingerprint density at radius 2 is 1.56 bits per heavy atom. The highest BCUT2D eigenvalue weighted by Crippen LogP contribution is 2.18. The van der Waals surface area contributed by atoms with Crippen LogP contribution in [0.4, 0.5) is 24.5 Å². The third-order valence-corrected chi connectivity index (χ3v) is 3.97. The number of benzene rings is 2. The first-order valence-electron chi connectivity index (χ1n) is 8.43. The molecule has 2 amide bonds. The number of halogens is 3. The Morgan fingerprint density at radius 1 is 0.926 bits per heavy atom. The predicted octanol–water partition coefficient (Wildman–Crippen LogP) is 3.32. The maximum atomic E-state index is 13.6.